The molecule has 0 radical (unpaired) electrons. The first-order valence-electron chi connectivity index (χ1n) is 26.9. The first-order chi connectivity index (χ1) is 37.5. The molecule has 0 aliphatic carbocycles. The highest BCUT2D eigenvalue weighted by Gasteiger charge is 2.44. The number of ether oxygens (including phenoxy) is 1. The summed E-state index contributed by atoms with van der Waals surface area (Å²) in [5.41, 5.74) is 3.99. The number of hydrogen-bond acceptors (Lipinski definition) is 15. The monoisotopic (exact) mass is 1080 g/mol. The summed E-state index contributed by atoms with van der Waals surface area (Å²) in [4.78, 5) is 68.8. The number of carbonyl (C=O) groups is 3. The van der Waals surface area contributed by atoms with E-state index in [0.717, 1.165) is 67.3 Å². The van der Waals surface area contributed by atoms with Gasteiger partial charge in [0.2, 0.25) is 17.7 Å². The second-order valence-electron chi connectivity index (χ2n) is 22.1. The topological polar surface area (TPSA) is 202 Å². The number of terminal acetylenes is 1. The Morgan fingerprint density at radius 2 is 1.68 bits per heavy atom. The van der Waals surface area contributed by atoms with Crippen molar-refractivity contribution >= 4 is 56.6 Å². The summed E-state index contributed by atoms with van der Waals surface area (Å²) in [5, 5.41) is 32.0. The van der Waals surface area contributed by atoms with Crippen molar-refractivity contribution in [3.05, 3.63) is 88.7 Å². The lowest BCUT2D eigenvalue weighted by atomic mass is 9.85. The van der Waals surface area contributed by atoms with E-state index >= 15 is 8.78 Å². The van der Waals surface area contributed by atoms with Crippen LogP contribution in [0.1, 0.15) is 76.1 Å². The van der Waals surface area contributed by atoms with Crippen LogP contribution in [0.15, 0.2) is 60.2 Å². The number of fused-ring (bicyclic) bond motifs is 4. The van der Waals surface area contributed by atoms with Gasteiger partial charge in [0.1, 0.15) is 40.7 Å². The number of pyridine rings is 1. The summed E-state index contributed by atoms with van der Waals surface area (Å²) < 4.78 is 38.2. The lowest BCUT2D eigenvalue weighted by molar-refractivity contribution is -0.144. The lowest BCUT2D eigenvalue weighted by Crippen LogP contribution is -2.57. The number of benzene rings is 3. The molecule has 4 aliphatic heterocycles. The number of nitrogens with one attached hydrogen (secondary N) is 3. The van der Waals surface area contributed by atoms with Crippen LogP contribution in [0.5, 0.6) is 11.8 Å². The molecule has 3 aromatic carbocycles. The average molecular weight is 1080 g/mol. The smallest absolute Gasteiger partial charge is 0.319 e. The van der Waals surface area contributed by atoms with Gasteiger partial charge in [-0.05, 0) is 79.3 Å². The van der Waals surface area contributed by atoms with Crippen LogP contribution in [0, 0.1) is 36.3 Å². The molecule has 0 saturated carbocycles. The van der Waals surface area contributed by atoms with Crippen LogP contribution in [0.25, 0.3) is 43.4 Å². The molecule has 17 nitrogen and oxygen atoms in total. The molecule has 20 heteroatoms. The molecule has 4 fully saturated rings. The standard InChI is InChI=1S/C58H67F2N11O6S/c1-6-42-45(59)17-14-37-25-40(72)26-43(48(37)42)50-49(60)51-44(29-61-50)54(70-30-38-15-16-39(31-70)64-38)67-57(66-51)77-24-8-19-69-22-20-68(21-23-69)18-7-9-47(74)65-53(58(3,4)5)56(76)71-32-41(73)27-46(71)55(75)62-28-35-10-12-36(13-11-35)52-34(2)63-33-78-52/h1,10-14,17,25-26,29,33,38-39,41,46,53,64,72-73H,7-9,15-16,18-24,27-28,30-32H2,2-5H3,(H,62,75)(H,65,74)/t38?,39?,41-,46+,53?/m1/s1. The number of aliphatic hydroxyl groups is 1. The van der Waals surface area contributed by atoms with E-state index in [1.807, 2.05) is 57.5 Å². The first-order valence-corrected chi connectivity index (χ1v) is 27.8. The number of phenols is 1. The SMILES string of the molecule is C#Cc1c(F)ccc2cc(O)cc(-c3ncc4c(N5CC6CCC(C5)N6)nc(OCCCN5CCN(CCCC(=O)NC(C(=O)N6C[C@H](O)C[C@H]6C(=O)NCc6ccc(-c7scnc7C)cc6)C(C)(C)C)CC5)nc4c3F)c12. The third-order valence-electron chi connectivity index (χ3n) is 15.5. The van der Waals surface area contributed by atoms with Crippen LogP contribution in [-0.4, -0.2) is 158 Å². The third kappa shape index (κ3) is 11.9. The second kappa shape index (κ2) is 23.2. The van der Waals surface area contributed by atoms with E-state index in [4.69, 9.17) is 16.1 Å². The number of anilines is 1. The maximum atomic E-state index is 17.0. The van der Waals surface area contributed by atoms with Gasteiger partial charge in [-0.15, -0.1) is 17.8 Å². The molecule has 7 heterocycles. The number of aromatic hydroxyl groups is 1. The predicted molar refractivity (Wildman–Crippen MR) is 296 cm³/mol. The molecule has 78 heavy (non-hydrogen) atoms. The van der Waals surface area contributed by atoms with Crippen molar-refractivity contribution in [2.24, 2.45) is 5.41 Å². The zero-order valence-electron chi connectivity index (χ0n) is 44.5. The number of halogens is 2. The van der Waals surface area contributed by atoms with E-state index in [1.165, 1.54) is 35.4 Å². The predicted octanol–water partition coefficient (Wildman–Crippen LogP) is 6.16. The number of phenolic OH excluding ortho intramolecular Hbond substituents is 1. The largest absolute Gasteiger partial charge is 0.508 e. The van der Waals surface area contributed by atoms with E-state index in [9.17, 15) is 24.6 Å². The average Bonchev–Trinajstić information content (AvgIpc) is 4.27. The number of hydrogen-bond donors (Lipinski definition) is 5. The van der Waals surface area contributed by atoms with Gasteiger partial charge in [0.05, 0.1) is 39.7 Å². The highest BCUT2D eigenvalue weighted by Crippen LogP contribution is 2.40. The normalized spacial score (nSPS) is 20.3. The number of piperazine rings is 2. The Kier molecular flexibility index (Phi) is 16.2. The van der Waals surface area contributed by atoms with Gasteiger partial charge in [-0.3, -0.25) is 19.4 Å². The summed E-state index contributed by atoms with van der Waals surface area (Å²) in [6, 6.07) is 12.2. The Morgan fingerprint density at radius 1 is 0.962 bits per heavy atom. The molecule has 2 bridgehead atoms. The molecule has 0 spiro atoms. The van der Waals surface area contributed by atoms with Crippen LogP contribution in [0.4, 0.5) is 14.6 Å². The number of aryl methyl sites for hydroxylation is 1. The van der Waals surface area contributed by atoms with Gasteiger partial charge < -0.3 is 50.5 Å². The summed E-state index contributed by atoms with van der Waals surface area (Å²) >= 11 is 1.57. The number of nitrogens with zero attached hydrogens (tertiary/aromatic N) is 8. The second-order valence-corrected chi connectivity index (χ2v) is 23.0. The quantitative estimate of drug-likeness (QED) is 0.0514. The molecule has 3 unspecified atom stereocenters. The molecule has 4 aliphatic rings. The van der Waals surface area contributed by atoms with Crippen molar-refractivity contribution in [1.82, 2.24) is 50.6 Å². The number of likely N-dealkylation sites (tertiary alicyclic amines) is 1. The van der Waals surface area contributed by atoms with Crippen molar-refractivity contribution in [3.8, 4) is 45.8 Å². The number of thiazole rings is 1. The number of β-amino-alcohol motifs (C(OH)–C–C–N with tert-alkyl or cyclic N) is 1. The summed E-state index contributed by atoms with van der Waals surface area (Å²) in [7, 11) is 0. The molecule has 5 atom stereocenters. The number of aromatic nitrogens is 4. The Morgan fingerprint density at radius 3 is 2.36 bits per heavy atom. The van der Waals surface area contributed by atoms with E-state index in [-0.39, 0.29) is 95.9 Å². The Hall–Kier alpha value is -6.89. The number of amides is 3. The van der Waals surface area contributed by atoms with Crippen molar-refractivity contribution in [1.29, 1.82) is 0 Å². The minimum absolute atomic E-state index is 0.00135. The van der Waals surface area contributed by atoms with E-state index in [0.29, 0.717) is 49.1 Å². The lowest BCUT2D eigenvalue weighted by Gasteiger charge is -2.36. The van der Waals surface area contributed by atoms with Crippen molar-refractivity contribution in [2.45, 2.75) is 103 Å². The van der Waals surface area contributed by atoms with E-state index in [2.05, 4.69) is 51.5 Å². The van der Waals surface area contributed by atoms with Crippen molar-refractivity contribution < 1.29 is 38.1 Å². The highest BCUT2D eigenvalue weighted by atomic mass is 32.1. The number of aliphatic hydroxyl groups excluding tert-OH is 1. The molecule has 3 aromatic heterocycles. The van der Waals surface area contributed by atoms with Crippen LogP contribution in [0.3, 0.4) is 0 Å². The summed E-state index contributed by atoms with van der Waals surface area (Å²) in [6.07, 6.45) is 10.0. The minimum atomic E-state index is -0.905. The molecule has 6 aromatic rings. The van der Waals surface area contributed by atoms with E-state index < -0.39 is 41.1 Å². The zero-order valence-corrected chi connectivity index (χ0v) is 45.3. The molecule has 4 saturated heterocycles. The van der Waals surface area contributed by atoms with Crippen LogP contribution in [-0.2, 0) is 20.9 Å². The Balaban J connectivity index is 0.707. The molecule has 5 N–H and O–H groups in total. The van der Waals surface area contributed by atoms with Gasteiger partial charge in [0.15, 0.2) is 5.82 Å². The Labute approximate surface area is 456 Å². The molecule has 3 amide bonds. The molecule has 10 rings (SSSR count). The van der Waals surface area contributed by atoms with Gasteiger partial charge in [-0.1, -0.05) is 57.0 Å². The third-order valence-corrected chi connectivity index (χ3v) is 16.5. The fraction of sp³-hybridized carbons (Fsp3) is 0.466. The summed E-state index contributed by atoms with van der Waals surface area (Å²) in [5.74, 6) is 0.342. The first kappa shape index (κ1) is 54.5. The van der Waals surface area contributed by atoms with Gasteiger partial charge in [-0.2, -0.15) is 9.97 Å². The maximum Gasteiger partial charge on any atom is 0.319 e. The van der Waals surface area contributed by atoms with Crippen LogP contribution in [0.2, 0.25) is 0 Å². The molecular formula is C58H67F2N11O6S. The van der Waals surface area contributed by atoms with Gasteiger partial charge in [0.25, 0.3) is 0 Å². The molecule has 410 valence electrons. The highest BCUT2D eigenvalue weighted by molar-refractivity contribution is 7.13. The van der Waals surface area contributed by atoms with Crippen LogP contribution >= 0.6 is 11.3 Å². The fourth-order valence-electron chi connectivity index (χ4n) is 11.4. The fourth-order valence-corrected chi connectivity index (χ4v) is 12.2. The zero-order chi connectivity index (χ0) is 54.8. The van der Waals surface area contributed by atoms with E-state index in [1.54, 1.807) is 11.3 Å². The minimum Gasteiger partial charge on any atom is -0.508 e. The van der Waals surface area contributed by atoms with Crippen LogP contribution < -0.4 is 25.6 Å². The Bertz CT molecular complexity index is 3240. The van der Waals surface area contributed by atoms with Gasteiger partial charge >= 0.3 is 6.01 Å². The number of carbonyl (C=O) groups excluding carboxylic acids is 3. The van der Waals surface area contributed by atoms with Gasteiger partial charge in [-0.25, -0.2) is 13.8 Å². The maximum absolute atomic E-state index is 17.0. The number of rotatable bonds is 17. The molecular weight excluding hydrogens is 1020 g/mol. The summed E-state index contributed by atoms with van der Waals surface area (Å²) in [6.45, 7) is 14.2. The van der Waals surface area contributed by atoms with Gasteiger partial charge in [0, 0.05) is 101 Å². The van der Waals surface area contributed by atoms with Crippen molar-refractivity contribution in [2.75, 3.05) is 70.4 Å². The van der Waals surface area contributed by atoms with Crippen molar-refractivity contribution in [3.63, 3.8) is 0 Å².